The van der Waals surface area contributed by atoms with Crippen LogP contribution in [-0.4, -0.2) is 9.97 Å². The van der Waals surface area contributed by atoms with Gasteiger partial charge in [-0.1, -0.05) is 23.7 Å². The molecule has 0 N–H and O–H groups in total. The van der Waals surface area contributed by atoms with E-state index in [4.69, 9.17) is 11.6 Å². The van der Waals surface area contributed by atoms with Crippen LogP contribution in [0.3, 0.4) is 0 Å². The Kier molecular flexibility index (Phi) is 3.71. The topological polar surface area (TPSA) is 25.8 Å². The second kappa shape index (κ2) is 5.13. The van der Waals surface area contributed by atoms with E-state index in [1.54, 1.807) is 0 Å². The lowest BCUT2D eigenvalue weighted by Gasteiger charge is -2.12. The van der Waals surface area contributed by atoms with Crippen LogP contribution in [0, 0.1) is 5.82 Å². The van der Waals surface area contributed by atoms with Gasteiger partial charge in [0.25, 0.3) is 0 Å². The van der Waals surface area contributed by atoms with Crippen molar-refractivity contribution < 1.29 is 17.6 Å². The monoisotopic (exact) mass is 290 g/mol. The molecule has 0 bridgehead atoms. The summed E-state index contributed by atoms with van der Waals surface area (Å²) in [6, 6.07) is 5.27. The molecule has 0 amide bonds. The van der Waals surface area contributed by atoms with Gasteiger partial charge in [-0.05, 0) is 17.7 Å². The fourth-order valence-corrected chi connectivity index (χ4v) is 1.84. The number of nitrogens with zero attached hydrogens (tertiary/aromatic N) is 2. The number of halogens is 5. The molecule has 0 fully saturated rings. The van der Waals surface area contributed by atoms with Crippen molar-refractivity contribution in [3.63, 3.8) is 0 Å². The molecule has 2 aromatic rings. The van der Waals surface area contributed by atoms with E-state index in [9.17, 15) is 17.6 Å². The number of benzene rings is 1. The summed E-state index contributed by atoms with van der Waals surface area (Å²) < 4.78 is 51.4. The first kappa shape index (κ1) is 13.7. The van der Waals surface area contributed by atoms with Gasteiger partial charge in [0.15, 0.2) is 5.69 Å². The Morgan fingerprint density at radius 3 is 2.53 bits per heavy atom. The van der Waals surface area contributed by atoms with Crippen molar-refractivity contribution in [1.82, 2.24) is 9.97 Å². The minimum absolute atomic E-state index is 0.188. The molecule has 100 valence electrons. The van der Waals surface area contributed by atoms with Crippen LogP contribution in [0.5, 0.6) is 0 Å². The number of hydrogen-bond acceptors (Lipinski definition) is 2. The smallest absolute Gasteiger partial charge is 0.231 e. The van der Waals surface area contributed by atoms with Crippen LogP contribution in [0.2, 0.25) is 5.15 Å². The lowest BCUT2D eigenvalue weighted by molar-refractivity contribution is -0.141. The average Bonchev–Trinajstić information content (AvgIpc) is 2.30. The lowest BCUT2D eigenvalue weighted by atomic mass is 10.0. The minimum atomic E-state index is -4.63. The molecule has 0 aliphatic carbocycles. The molecule has 0 atom stereocenters. The third kappa shape index (κ3) is 3.20. The zero-order chi connectivity index (χ0) is 14.0. The quantitative estimate of drug-likeness (QED) is 0.619. The van der Waals surface area contributed by atoms with Gasteiger partial charge in [0.2, 0.25) is 0 Å². The SMILES string of the molecule is Fc1cccc(Cc2c(Cl)ncnc2C(F)(F)F)c1. The zero-order valence-corrected chi connectivity index (χ0v) is 10.1. The Labute approximate surface area is 111 Å². The van der Waals surface area contributed by atoms with Gasteiger partial charge in [0, 0.05) is 12.0 Å². The maximum Gasteiger partial charge on any atom is 0.433 e. The molecule has 1 aromatic carbocycles. The molecule has 0 aliphatic heterocycles. The second-order valence-electron chi connectivity index (χ2n) is 3.80. The molecule has 7 heteroatoms. The van der Waals surface area contributed by atoms with E-state index in [2.05, 4.69) is 9.97 Å². The average molecular weight is 291 g/mol. The maximum absolute atomic E-state index is 13.0. The molecule has 19 heavy (non-hydrogen) atoms. The normalized spacial score (nSPS) is 11.6. The molecule has 0 aliphatic rings. The highest BCUT2D eigenvalue weighted by molar-refractivity contribution is 6.30. The molecule has 1 heterocycles. The summed E-state index contributed by atoms with van der Waals surface area (Å²) in [6.07, 6.45) is -4.07. The van der Waals surface area contributed by atoms with Crippen molar-refractivity contribution in [1.29, 1.82) is 0 Å². The highest BCUT2D eigenvalue weighted by Gasteiger charge is 2.36. The van der Waals surface area contributed by atoms with E-state index < -0.39 is 17.7 Å². The van der Waals surface area contributed by atoms with Crippen LogP contribution in [-0.2, 0) is 12.6 Å². The highest BCUT2D eigenvalue weighted by atomic mass is 35.5. The first-order chi connectivity index (χ1) is 8.88. The number of hydrogen-bond donors (Lipinski definition) is 0. The predicted octanol–water partition coefficient (Wildman–Crippen LogP) is 3.88. The Hall–Kier alpha value is -1.69. The van der Waals surface area contributed by atoms with Crippen molar-refractivity contribution in [3.8, 4) is 0 Å². The first-order valence-corrected chi connectivity index (χ1v) is 5.56. The van der Waals surface area contributed by atoms with Crippen LogP contribution >= 0.6 is 11.6 Å². The molecule has 0 saturated heterocycles. The van der Waals surface area contributed by atoms with Crippen molar-refractivity contribution >= 4 is 11.6 Å². The van der Waals surface area contributed by atoms with Crippen LogP contribution < -0.4 is 0 Å². The molecule has 1 aromatic heterocycles. The van der Waals surface area contributed by atoms with Gasteiger partial charge in [-0.3, -0.25) is 0 Å². The van der Waals surface area contributed by atoms with Crippen LogP contribution in [0.1, 0.15) is 16.8 Å². The van der Waals surface area contributed by atoms with Gasteiger partial charge >= 0.3 is 6.18 Å². The van der Waals surface area contributed by atoms with Crippen molar-refractivity contribution in [2.75, 3.05) is 0 Å². The van der Waals surface area contributed by atoms with Gasteiger partial charge in [0.1, 0.15) is 17.3 Å². The van der Waals surface area contributed by atoms with Gasteiger partial charge in [-0.15, -0.1) is 0 Å². The van der Waals surface area contributed by atoms with E-state index in [-0.39, 0.29) is 17.1 Å². The van der Waals surface area contributed by atoms with E-state index in [1.807, 2.05) is 0 Å². The largest absolute Gasteiger partial charge is 0.433 e. The van der Waals surface area contributed by atoms with E-state index >= 15 is 0 Å². The van der Waals surface area contributed by atoms with E-state index in [0.717, 1.165) is 12.4 Å². The summed E-state index contributed by atoms with van der Waals surface area (Å²) in [7, 11) is 0. The standard InChI is InChI=1S/C12H7ClF4N2/c13-11-9(5-7-2-1-3-8(14)4-7)10(12(15,16)17)18-6-19-11/h1-4,6H,5H2. The fraction of sp³-hybridized carbons (Fsp3) is 0.167. The fourth-order valence-electron chi connectivity index (χ4n) is 1.64. The molecule has 2 rings (SSSR count). The van der Waals surface area contributed by atoms with Gasteiger partial charge < -0.3 is 0 Å². The third-order valence-electron chi connectivity index (χ3n) is 2.43. The Morgan fingerprint density at radius 1 is 1.16 bits per heavy atom. The van der Waals surface area contributed by atoms with Gasteiger partial charge in [-0.25, -0.2) is 14.4 Å². The molecule has 0 saturated carbocycles. The van der Waals surface area contributed by atoms with Crippen molar-refractivity contribution in [2.45, 2.75) is 12.6 Å². The van der Waals surface area contributed by atoms with Crippen LogP contribution in [0.15, 0.2) is 30.6 Å². The minimum Gasteiger partial charge on any atom is -0.231 e. The van der Waals surface area contributed by atoms with Crippen molar-refractivity contribution in [3.05, 3.63) is 58.4 Å². The Bertz CT molecular complexity index is 599. The zero-order valence-electron chi connectivity index (χ0n) is 9.38. The Balaban J connectivity index is 2.45. The number of rotatable bonds is 2. The summed E-state index contributed by atoms with van der Waals surface area (Å²) in [6.45, 7) is 0. The summed E-state index contributed by atoms with van der Waals surface area (Å²) in [4.78, 5) is 6.75. The number of alkyl halides is 3. The lowest BCUT2D eigenvalue weighted by Crippen LogP contribution is -2.13. The molecule has 0 unspecified atom stereocenters. The summed E-state index contributed by atoms with van der Waals surface area (Å²) in [5.74, 6) is -0.529. The van der Waals surface area contributed by atoms with Gasteiger partial charge in [0.05, 0.1) is 0 Å². The summed E-state index contributed by atoms with van der Waals surface area (Å²) in [5.41, 5.74) is -0.999. The number of aromatic nitrogens is 2. The van der Waals surface area contributed by atoms with E-state index in [0.29, 0.717) is 5.56 Å². The molecule has 0 spiro atoms. The maximum atomic E-state index is 13.0. The third-order valence-corrected chi connectivity index (χ3v) is 2.76. The summed E-state index contributed by atoms with van der Waals surface area (Å²) in [5, 5.41) is -0.286. The molecule has 0 radical (unpaired) electrons. The Morgan fingerprint density at radius 2 is 1.89 bits per heavy atom. The van der Waals surface area contributed by atoms with Crippen LogP contribution in [0.25, 0.3) is 0 Å². The second-order valence-corrected chi connectivity index (χ2v) is 4.15. The van der Waals surface area contributed by atoms with E-state index in [1.165, 1.54) is 18.2 Å². The predicted molar refractivity (Wildman–Crippen MR) is 61.3 cm³/mol. The van der Waals surface area contributed by atoms with Gasteiger partial charge in [-0.2, -0.15) is 13.2 Å². The van der Waals surface area contributed by atoms with Crippen LogP contribution in [0.4, 0.5) is 17.6 Å². The highest BCUT2D eigenvalue weighted by Crippen LogP contribution is 2.33. The molecule has 2 nitrogen and oxygen atoms in total. The summed E-state index contributed by atoms with van der Waals surface area (Å²) >= 11 is 5.68. The molecular weight excluding hydrogens is 284 g/mol. The van der Waals surface area contributed by atoms with Crippen molar-refractivity contribution in [2.24, 2.45) is 0 Å². The molecular formula is C12H7ClF4N2. The first-order valence-electron chi connectivity index (χ1n) is 5.19.